The van der Waals surface area contributed by atoms with Crippen LogP contribution in [0.4, 0.5) is 0 Å². The lowest BCUT2D eigenvalue weighted by Crippen LogP contribution is -2.88. The summed E-state index contributed by atoms with van der Waals surface area (Å²) in [5, 5.41) is 17.0. The third-order valence-corrected chi connectivity index (χ3v) is 7.30. The number of aliphatic hydroxyl groups is 1. The van der Waals surface area contributed by atoms with Crippen molar-refractivity contribution in [3.63, 3.8) is 0 Å². The van der Waals surface area contributed by atoms with E-state index in [-0.39, 0.29) is 18.1 Å². The van der Waals surface area contributed by atoms with Crippen LogP contribution in [0.25, 0.3) is 11.4 Å². The topological polar surface area (TPSA) is 85.0 Å². The zero-order chi connectivity index (χ0) is 27.8. The minimum absolute atomic E-state index is 0.114. The number of nitrogens with two attached hydrogens (primary N) is 1. The molecule has 5 aromatic rings. The van der Waals surface area contributed by atoms with Gasteiger partial charge in [-0.2, -0.15) is 4.98 Å². The fraction of sp³-hybridized carbons (Fsp3) is 0.235. The summed E-state index contributed by atoms with van der Waals surface area (Å²) in [4.78, 5) is 4.68. The Balaban J connectivity index is 1.20. The molecule has 5 rings (SSSR count). The number of rotatable bonds is 12. The summed E-state index contributed by atoms with van der Waals surface area (Å²) < 4.78 is 11.6. The number of hydrogen-bond acceptors (Lipinski definition) is 5. The average molecular weight is 535 g/mol. The Kier molecular flexibility index (Phi) is 8.69. The number of quaternary nitrogens is 1. The second-order valence-electron chi connectivity index (χ2n) is 10.6. The summed E-state index contributed by atoms with van der Waals surface area (Å²) in [6.07, 6.45) is 0.0268. The van der Waals surface area contributed by atoms with Crippen molar-refractivity contribution in [3.05, 3.63) is 138 Å². The molecule has 3 N–H and O–H groups in total. The lowest BCUT2D eigenvalue weighted by molar-refractivity contribution is -0.703. The fourth-order valence-corrected chi connectivity index (χ4v) is 4.80. The quantitative estimate of drug-likeness (QED) is 0.225. The predicted molar refractivity (Wildman–Crippen MR) is 156 cm³/mol. The van der Waals surface area contributed by atoms with Crippen LogP contribution in [0, 0.1) is 0 Å². The molecule has 2 atom stereocenters. The third-order valence-electron chi connectivity index (χ3n) is 7.30. The highest BCUT2D eigenvalue weighted by Crippen LogP contribution is 2.32. The van der Waals surface area contributed by atoms with Crippen molar-refractivity contribution in [2.75, 3.05) is 13.2 Å². The van der Waals surface area contributed by atoms with Crippen molar-refractivity contribution in [1.82, 2.24) is 10.1 Å². The second kappa shape index (κ2) is 12.7. The van der Waals surface area contributed by atoms with Crippen LogP contribution in [0.15, 0.2) is 120 Å². The molecule has 4 aromatic carbocycles. The minimum Gasteiger partial charge on any atom is -0.491 e. The fourth-order valence-electron chi connectivity index (χ4n) is 4.80. The van der Waals surface area contributed by atoms with Crippen molar-refractivity contribution in [1.29, 1.82) is 0 Å². The Morgan fingerprint density at radius 2 is 1.40 bits per heavy atom. The van der Waals surface area contributed by atoms with E-state index in [1.165, 1.54) is 11.1 Å². The van der Waals surface area contributed by atoms with Gasteiger partial charge in [-0.05, 0) is 28.8 Å². The Bertz CT molecular complexity index is 1450. The van der Waals surface area contributed by atoms with Crippen LogP contribution in [-0.4, -0.2) is 34.5 Å². The van der Waals surface area contributed by atoms with E-state index < -0.39 is 6.10 Å². The van der Waals surface area contributed by atoms with Crippen molar-refractivity contribution < 1.29 is 19.7 Å². The Morgan fingerprint density at radius 1 is 0.800 bits per heavy atom. The smallest absolute Gasteiger partial charge is 0.285 e. The van der Waals surface area contributed by atoms with Crippen molar-refractivity contribution >= 4 is 0 Å². The van der Waals surface area contributed by atoms with Crippen LogP contribution in [-0.2, 0) is 11.8 Å². The molecule has 1 aromatic heterocycles. The van der Waals surface area contributed by atoms with Gasteiger partial charge < -0.3 is 19.7 Å². The summed E-state index contributed by atoms with van der Waals surface area (Å²) >= 11 is 0. The summed E-state index contributed by atoms with van der Waals surface area (Å²) in [6, 6.07) is 38.4. The van der Waals surface area contributed by atoms with Gasteiger partial charge in [0.1, 0.15) is 25.0 Å². The predicted octanol–water partition coefficient (Wildman–Crippen LogP) is 5.35. The lowest BCUT2D eigenvalue weighted by atomic mass is 9.78. The highest BCUT2D eigenvalue weighted by atomic mass is 16.5. The Labute approximate surface area is 235 Å². The molecular formula is C34H36N3O3+. The highest BCUT2D eigenvalue weighted by molar-refractivity contribution is 5.53. The molecule has 0 spiro atoms. The van der Waals surface area contributed by atoms with E-state index in [1.807, 2.05) is 66.7 Å². The van der Waals surface area contributed by atoms with E-state index in [1.54, 1.807) is 0 Å². The molecule has 0 bridgehead atoms. The summed E-state index contributed by atoms with van der Waals surface area (Å²) in [6.45, 7) is 5.06. The van der Waals surface area contributed by atoms with Gasteiger partial charge in [-0.3, -0.25) is 0 Å². The largest absolute Gasteiger partial charge is 0.491 e. The maximum atomic E-state index is 10.8. The Hall–Kier alpha value is -4.26. The van der Waals surface area contributed by atoms with E-state index in [9.17, 15) is 5.11 Å². The molecule has 0 saturated heterocycles. The number of hydrogen-bond donors (Lipinski definition) is 2. The maximum absolute atomic E-state index is 10.8. The molecule has 0 unspecified atom stereocenters. The first-order valence-corrected chi connectivity index (χ1v) is 13.7. The van der Waals surface area contributed by atoms with Gasteiger partial charge in [0.2, 0.25) is 5.82 Å². The molecule has 1 heterocycles. The van der Waals surface area contributed by atoms with Gasteiger partial charge in [-0.15, -0.1) is 0 Å². The molecule has 0 amide bonds. The number of aliphatic hydroxyl groups excluding tert-OH is 1. The van der Waals surface area contributed by atoms with Gasteiger partial charge in [0, 0.05) is 17.4 Å². The summed E-state index contributed by atoms with van der Waals surface area (Å²) in [7, 11) is 0. The number of ether oxygens (including phenoxy) is 1. The van der Waals surface area contributed by atoms with Crippen LogP contribution in [0.5, 0.6) is 5.75 Å². The van der Waals surface area contributed by atoms with Crippen LogP contribution in [0.2, 0.25) is 0 Å². The van der Waals surface area contributed by atoms with Crippen molar-refractivity contribution in [3.8, 4) is 17.1 Å². The van der Waals surface area contributed by atoms with Crippen LogP contribution < -0.4 is 10.1 Å². The first-order valence-electron chi connectivity index (χ1n) is 13.7. The molecule has 0 fully saturated rings. The molecule has 0 radical (unpaired) electrons. The van der Waals surface area contributed by atoms with Crippen molar-refractivity contribution in [2.45, 2.75) is 37.8 Å². The van der Waals surface area contributed by atoms with Crippen LogP contribution in [0.1, 0.15) is 42.5 Å². The monoisotopic (exact) mass is 534 g/mol. The van der Waals surface area contributed by atoms with Gasteiger partial charge in [-0.25, -0.2) is 0 Å². The maximum Gasteiger partial charge on any atom is 0.285 e. The molecule has 204 valence electrons. The summed E-state index contributed by atoms with van der Waals surface area (Å²) in [5.41, 5.74) is 4.42. The molecule has 0 aliphatic heterocycles. The Morgan fingerprint density at radius 3 is 2.08 bits per heavy atom. The molecule has 0 aliphatic rings. The lowest BCUT2D eigenvalue weighted by Gasteiger charge is -2.26. The van der Waals surface area contributed by atoms with Gasteiger partial charge in [0.15, 0.2) is 6.04 Å². The van der Waals surface area contributed by atoms with Gasteiger partial charge in [0.25, 0.3) is 5.89 Å². The van der Waals surface area contributed by atoms with E-state index in [2.05, 4.69) is 77.8 Å². The molecule has 0 aliphatic carbocycles. The van der Waals surface area contributed by atoms with Crippen LogP contribution in [0.3, 0.4) is 0 Å². The van der Waals surface area contributed by atoms with E-state index in [0.717, 1.165) is 16.9 Å². The van der Waals surface area contributed by atoms with Gasteiger partial charge in [-0.1, -0.05) is 122 Å². The number of aromatic nitrogens is 2. The normalized spacial score (nSPS) is 13.1. The third kappa shape index (κ3) is 6.84. The zero-order valence-electron chi connectivity index (χ0n) is 23.0. The van der Waals surface area contributed by atoms with E-state index >= 15 is 0 Å². The average Bonchev–Trinajstić information content (AvgIpc) is 3.50. The molecular weight excluding hydrogens is 498 g/mol. The number of benzene rings is 4. The zero-order valence-corrected chi connectivity index (χ0v) is 23.0. The second-order valence-corrected chi connectivity index (χ2v) is 10.6. The van der Waals surface area contributed by atoms with Crippen molar-refractivity contribution in [2.24, 2.45) is 0 Å². The minimum atomic E-state index is -0.671. The van der Waals surface area contributed by atoms with E-state index in [0.29, 0.717) is 24.7 Å². The molecule has 6 nitrogen and oxygen atoms in total. The van der Waals surface area contributed by atoms with Crippen LogP contribution >= 0.6 is 0 Å². The highest BCUT2D eigenvalue weighted by Gasteiger charge is 2.25. The molecule has 6 heteroatoms. The first kappa shape index (κ1) is 27.3. The van der Waals surface area contributed by atoms with Gasteiger partial charge in [0.05, 0.1) is 0 Å². The SMILES string of the molecule is CC(C)(c1ccccc1)c1ccc(OC[C@H](O)C[NH2+][C@H](Cc2ccccc2)c2nc(-c3ccccc3)no2)cc1. The molecule has 0 saturated carbocycles. The van der Waals surface area contributed by atoms with Gasteiger partial charge >= 0.3 is 0 Å². The standard InChI is InChI=1S/C34H35N3O3/c1-34(2,27-16-10-5-11-17-27)28-18-20-30(21-19-28)39-24-29(38)23-35-31(22-25-12-6-3-7-13-25)33-36-32(37-40-33)26-14-8-4-9-15-26/h3-21,29,31,35,38H,22-24H2,1-2H3/p+1/t29-,31-/m1/s1. The van der Waals surface area contributed by atoms with E-state index in [4.69, 9.17) is 9.26 Å². The summed E-state index contributed by atoms with van der Waals surface area (Å²) in [5.74, 6) is 1.83. The molecule has 40 heavy (non-hydrogen) atoms. The number of nitrogens with zero attached hydrogens (tertiary/aromatic N) is 2. The first-order chi connectivity index (χ1) is 19.5.